The maximum Gasteiger partial charge on any atom is 0.416 e. The second-order valence-corrected chi connectivity index (χ2v) is 4.43. The molecule has 0 aliphatic rings. The number of nitrogens with zero attached hydrogens (tertiary/aromatic N) is 1. The number of benzene rings is 2. The molecule has 5 nitrogen and oxygen atoms in total. The molecule has 0 saturated heterocycles. The zero-order chi connectivity index (χ0) is 17.2. The zero-order valence-electron chi connectivity index (χ0n) is 11.2. The number of halogens is 4. The summed E-state index contributed by atoms with van der Waals surface area (Å²) in [7, 11) is 0. The minimum Gasteiger partial charge on any atom is -0.322 e. The summed E-state index contributed by atoms with van der Waals surface area (Å²) < 4.78 is 51.2. The van der Waals surface area contributed by atoms with E-state index in [-0.39, 0.29) is 5.69 Å². The normalized spacial score (nSPS) is 11.1. The van der Waals surface area contributed by atoms with Crippen LogP contribution in [0.4, 0.5) is 28.9 Å². The molecule has 0 fully saturated rings. The maximum atomic E-state index is 13.4. The smallest absolute Gasteiger partial charge is 0.322 e. The molecule has 0 unspecified atom stereocenters. The standard InChI is InChI=1S/C14H8F4N2O3/c15-11-6-2-5-10(12(11)20(22)23)13(21)19-9-4-1-3-8(7-9)14(16,17)18/h1-7H,(H,19,21). The van der Waals surface area contributed by atoms with Gasteiger partial charge in [-0.3, -0.25) is 14.9 Å². The van der Waals surface area contributed by atoms with E-state index in [9.17, 15) is 32.5 Å². The third kappa shape index (κ3) is 3.62. The molecule has 2 aromatic rings. The minimum atomic E-state index is -4.61. The molecule has 2 rings (SSSR count). The number of nitrogens with one attached hydrogen (secondary N) is 1. The van der Waals surface area contributed by atoms with Crippen LogP contribution in [-0.2, 0) is 6.18 Å². The fourth-order valence-electron chi connectivity index (χ4n) is 1.86. The molecule has 2 aromatic carbocycles. The van der Waals surface area contributed by atoms with Crippen molar-refractivity contribution >= 4 is 17.3 Å². The van der Waals surface area contributed by atoms with Gasteiger partial charge in [0.2, 0.25) is 5.82 Å². The van der Waals surface area contributed by atoms with Gasteiger partial charge in [-0.05, 0) is 30.3 Å². The summed E-state index contributed by atoms with van der Waals surface area (Å²) in [6, 6.07) is 6.62. The first-order chi connectivity index (χ1) is 10.7. The van der Waals surface area contributed by atoms with Crippen molar-refractivity contribution < 1.29 is 27.3 Å². The van der Waals surface area contributed by atoms with Crippen molar-refractivity contribution in [1.29, 1.82) is 0 Å². The lowest BCUT2D eigenvalue weighted by molar-refractivity contribution is -0.387. The molecule has 0 aliphatic heterocycles. The highest BCUT2D eigenvalue weighted by molar-refractivity contribution is 6.07. The van der Waals surface area contributed by atoms with Gasteiger partial charge in [-0.1, -0.05) is 12.1 Å². The van der Waals surface area contributed by atoms with Crippen molar-refractivity contribution in [1.82, 2.24) is 0 Å². The van der Waals surface area contributed by atoms with Crippen molar-refractivity contribution in [2.24, 2.45) is 0 Å². The van der Waals surface area contributed by atoms with Gasteiger partial charge in [-0.2, -0.15) is 17.6 Å². The van der Waals surface area contributed by atoms with Gasteiger partial charge < -0.3 is 5.32 Å². The van der Waals surface area contributed by atoms with Crippen molar-refractivity contribution in [3.63, 3.8) is 0 Å². The van der Waals surface area contributed by atoms with Crippen molar-refractivity contribution in [2.45, 2.75) is 6.18 Å². The van der Waals surface area contributed by atoms with Gasteiger partial charge in [-0.25, -0.2) is 0 Å². The number of carbonyl (C=O) groups is 1. The topological polar surface area (TPSA) is 72.2 Å². The summed E-state index contributed by atoms with van der Waals surface area (Å²) in [4.78, 5) is 21.7. The first kappa shape index (κ1) is 16.4. The summed E-state index contributed by atoms with van der Waals surface area (Å²) in [6.45, 7) is 0. The monoisotopic (exact) mass is 328 g/mol. The summed E-state index contributed by atoms with van der Waals surface area (Å²) in [6.07, 6.45) is -4.61. The van der Waals surface area contributed by atoms with Crippen LogP contribution < -0.4 is 5.32 Å². The molecule has 1 N–H and O–H groups in total. The fraction of sp³-hybridized carbons (Fsp3) is 0.0714. The number of amides is 1. The molecule has 0 heterocycles. The predicted molar refractivity (Wildman–Crippen MR) is 72.5 cm³/mol. The second-order valence-electron chi connectivity index (χ2n) is 4.43. The van der Waals surface area contributed by atoms with E-state index in [2.05, 4.69) is 5.32 Å². The predicted octanol–water partition coefficient (Wildman–Crippen LogP) is 4.01. The number of anilines is 1. The number of alkyl halides is 3. The van der Waals surface area contributed by atoms with Crippen LogP contribution in [0.3, 0.4) is 0 Å². The van der Waals surface area contributed by atoms with E-state index in [0.717, 1.165) is 30.3 Å². The Labute approximate surface area is 126 Å². The lowest BCUT2D eigenvalue weighted by Gasteiger charge is -2.10. The lowest BCUT2D eigenvalue weighted by Crippen LogP contribution is -2.15. The van der Waals surface area contributed by atoms with Crippen LogP contribution in [0.2, 0.25) is 0 Å². The van der Waals surface area contributed by atoms with Gasteiger partial charge >= 0.3 is 11.9 Å². The van der Waals surface area contributed by atoms with Gasteiger partial charge in [0.25, 0.3) is 5.91 Å². The average molecular weight is 328 g/mol. The highest BCUT2D eigenvalue weighted by atomic mass is 19.4. The van der Waals surface area contributed by atoms with Gasteiger partial charge in [0, 0.05) is 5.69 Å². The van der Waals surface area contributed by atoms with Crippen LogP contribution in [0.5, 0.6) is 0 Å². The highest BCUT2D eigenvalue weighted by Gasteiger charge is 2.31. The Hall–Kier alpha value is -2.97. The van der Waals surface area contributed by atoms with Crippen molar-refractivity contribution in [3.05, 3.63) is 69.5 Å². The molecule has 0 aromatic heterocycles. The quantitative estimate of drug-likeness (QED) is 0.526. The molecular weight excluding hydrogens is 320 g/mol. The Bertz CT molecular complexity index is 775. The summed E-state index contributed by atoms with van der Waals surface area (Å²) in [5, 5.41) is 12.9. The number of hydrogen-bond acceptors (Lipinski definition) is 3. The van der Waals surface area contributed by atoms with Crippen molar-refractivity contribution in [2.75, 3.05) is 5.32 Å². The van der Waals surface area contributed by atoms with E-state index in [0.29, 0.717) is 6.07 Å². The van der Waals surface area contributed by atoms with Gasteiger partial charge in [-0.15, -0.1) is 0 Å². The van der Waals surface area contributed by atoms with E-state index in [1.165, 1.54) is 6.07 Å². The number of nitro benzene ring substituents is 1. The number of nitro groups is 1. The molecule has 9 heteroatoms. The van der Waals surface area contributed by atoms with Crippen LogP contribution in [0, 0.1) is 15.9 Å². The average Bonchev–Trinajstić information content (AvgIpc) is 2.46. The molecule has 0 bridgehead atoms. The number of carbonyl (C=O) groups excluding carboxylic acids is 1. The van der Waals surface area contributed by atoms with Crippen LogP contribution in [0.1, 0.15) is 15.9 Å². The summed E-state index contributed by atoms with van der Waals surface area (Å²) in [5.41, 5.74) is -2.85. The first-order valence-electron chi connectivity index (χ1n) is 6.11. The van der Waals surface area contributed by atoms with Crippen molar-refractivity contribution in [3.8, 4) is 0 Å². The maximum absolute atomic E-state index is 13.4. The molecule has 0 atom stereocenters. The van der Waals surface area contributed by atoms with E-state index in [4.69, 9.17) is 0 Å². The van der Waals surface area contributed by atoms with Crippen LogP contribution >= 0.6 is 0 Å². The molecule has 0 spiro atoms. The molecule has 0 aliphatic carbocycles. The van der Waals surface area contributed by atoms with E-state index in [1.54, 1.807) is 0 Å². The largest absolute Gasteiger partial charge is 0.416 e. The minimum absolute atomic E-state index is 0.219. The van der Waals surface area contributed by atoms with E-state index in [1.807, 2.05) is 0 Å². The number of hydrogen-bond donors (Lipinski definition) is 1. The molecule has 23 heavy (non-hydrogen) atoms. The third-order valence-electron chi connectivity index (χ3n) is 2.86. The highest BCUT2D eigenvalue weighted by Crippen LogP contribution is 2.31. The second kappa shape index (κ2) is 6.03. The Morgan fingerprint density at radius 2 is 1.78 bits per heavy atom. The molecule has 1 amide bonds. The number of rotatable bonds is 3. The van der Waals surface area contributed by atoms with Gasteiger partial charge in [0.1, 0.15) is 5.56 Å². The Morgan fingerprint density at radius 1 is 1.13 bits per heavy atom. The lowest BCUT2D eigenvalue weighted by atomic mass is 10.1. The molecule has 120 valence electrons. The van der Waals surface area contributed by atoms with E-state index >= 15 is 0 Å². The van der Waals surface area contributed by atoms with Gasteiger partial charge in [0.05, 0.1) is 10.5 Å². The molecule has 0 radical (unpaired) electrons. The first-order valence-corrected chi connectivity index (χ1v) is 6.11. The van der Waals surface area contributed by atoms with Crippen LogP contribution in [0.15, 0.2) is 42.5 Å². The molecular formula is C14H8F4N2O3. The van der Waals surface area contributed by atoms with Crippen LogP contribution in [0.25, 0.3) is 0 Å². The van der Waals surface area contributed by atoms with E-state index < -0.39 is 39.6 Å². The third-order valence-corrected chi connectivity index (χ3v) is 2.86. The molecule has 0 saturated carbocycles. The van der Waals surface area contributed by atoms with Gasteiger partial charge in [0.15, 0.2) is 0 Å². The fourth-order valence-corrected chi connectivity index (χ4v) is 1.86. The SMILES string of the molecule is O=C(Nc1cccc(C(F)(F)F)c1)c1cccc(F)c1[N+](=O)[O-]. The Morgan fingerprint density at radius 3 is 2.39 bits per heavy atom. The number of para-hydroxylation sites is 1. The summed E-state index contributed by atoms with van der Waals surface area (Å²) >= 11 is 0. The summed E-state index contributed by atoms with van der Waals surface area (Å²) in [5.74, 6) is -2.30. The van der Waals surface area contributed by atoms with Crippen LogP contribution in [-0.4, -0.2) is 10.8 Å². The Balaban J connectivity index is 2.34. The Kier molecular flexibility index (Phi) is 4.30. The zero-order valence-corrected chi connectivity index (χ0v) is 11.2.